The van der Waals surface area contributed by atoms with Crippen molar-refractivity contribution in [3.05, 3.63) is 35.8 Å². The van der Waals surface area contributed by atoms with Gasteiger partial charge >= 0.3 is 29.8 Å². The summed E-state index contributed by atoms with van der Waals surface area (Å²) in [5.41, 5.74) is -9.29. The molecular weight excluding hydrogens is 692 g/mol. The molecule has 0 radical (unpaired) electrons. The minimum atomic E-state index is -2.06. The molecule has 288 valence electrons. The Labute approximate surface area is 307 Å². The van der Waals surface area contributed by atoms with E-state index in [1.807, 2.05) is 20.8 Å². The number of hydrogen-bond donors (Lipinski definition) is 0. The number of furan rings is 1. The highest BCUT2D eigenvalue weighted by atomic mass is 16.9. The Balaban J connectivity index is 1.50. The number of methoxy groups -OCH3 is 1. The van der Waals surface area contributed by atoms with Crippen molar-refractivity contribution < 1.29 is 66.3 Å². The van der Waals surface area contributed by atoms with Gasteiger partial charge in [-0.3, -0.25) is 19.2 Å². The van der Waals surface area contributed by atoms with Crippen molar-refractivity contribution in [2.75, 3.05) is 7.11 Å². The first-order chi connectivity index (χ1) is 24.8. The summed E-state index contributed by atoms with van der Waals surface area (Å²) in [5.74, 6) is -6.47. The zero-order chi connectivity index (χ0) is 38.4. The first kappa shape index (κ1) is 36.2. The number of fused-ring (bicyclic) bond motifs is 3. The second-order valence-electron chi connectivity index (χ2n) is 16.9. The number of carbonyl (C=O) groups is 5. The Morgan fingerprint density at radius 2 is 1.66 bits per heavy atom. The average molecular weight is 741 g/mol. The van der Waals surface area contributed by atoms with E-state index in [2.05, 4.69) is 0 Å². The Morgan fingerprint density at radius 1 is 0.943 bits per heavy atom. The summed E-state index contributed by atoms with van der Waals surface area (Å²) in [7, 11) is 1.31. The van der Waals surface area contributed by atoms with Gasteiger partial charge in [0.2, 0.25) is 5.60 Å². The molecule has 7 aliphatic rings. The van der Waals surface area contributed by atoms with Crippen LogP contribution < -0.4 is 0 Å². The summed E-state index contributed by atoms with van der Waals surface area (Å²) in [6.07, 6.45) is 1.41. The molecule has 4 bridgehead atoms. The molecule has 1 aromatic rings. The average Bonchev–Trinajstić information content (AvgIpc) is 3.80. The van der Waals surface area contributed by atoms with E-state index in [1.54, 1.807) is 39.8 Å². The maximum absolute atomic E-state index is 14.0. The topological polar surface area (TPSA) is 172 Å². The molecule has 13 atom stereocenters. The second kappa shape index (κ2) is 10.9. The molecule has 2 spiro atoms. The van der Waals surface area contributed by atoms with Crippen molar-refractivity contribution in [3.63, 3.8) is 0 Å². The predicted molar refractivity (Wildman–Crippen MR) is 178 cm³/mol. The van der Waals surface area contributed by atoms with Crippen molar-refractivity contribution >= 4 is 29.8 Å². The van der Waals surface area contributed by atoms with Gasteiger partial charge in [-0.05, 0) is 45.1 Å². The molecule has 14 heteroatoms. The lowest BCUT2D eigenvalue weighted by Crippen LogP contribution is -2.94. The predicted octanol–water partition coefficient (Wildman–Crippen LogP) is 4.78. The molecular formula is C39H48O14. The molecule has 0 aromatic carbocycles. The van der Waals surface area contributed by atoms with E-state index >= 15 is 0 Å². The van der Waals surface area contributed by atoms with Crippen LogP contribution in [0.2, 0.25) is 0 Å². The largest absolute Gasteiger partial charge is 0.472 e. The number of carbonyl (C=O) groups excluding carboxylic acids is 5. The Bertz CT molecular complexity index is 1840. The van der Waals surface area contributed by atoms with Crippen LogP contribution in [0.1, 0.15) is 106 Å². The monoisotopic (exact) mass is 740 g/mol. The maximum atomic E-state index is 14.0. The third-order valence-corrected chi connectivity index (χ3v) is 14.7. The van der Waals surface area contributed by atoms with Crippen molar-refractivity contribution in [2.45, 2.75) is 141 Å². The summed E-state index contributed by atoms with van der Waals surface area (Å²) in [6, 6.07) is 1.74. The fourth-order valence-corrected chi connectivity index (χ4v) is 13.0. The quantitative estimate of drug-likeness (QED) is 0.203. The van der Waals surface area contributed by atoms with E-state index in [1.165, 1.54) is 26.6 Å². The maximum Gasteiger partial charge on any atom is 0.333 e. The molecule has 4 aliphatic carbocycles. The smallest absolute Gasteiger partial charge is 0.333 e. The Morgan fingerprint density at radius 3 is 2.28 bits per heavy atom. The highest BCUT2D eigenvalue weighted by Crippen LogP contribution is 2.90. The van der Waals surface area contributed by atoms with Crippen LogP contribution in [-0.4, -0.2) is 77.5 Å². The second-order valence-corrected chi connectivity index (χ2v) is 16.9. The van der Waals surface area contributed by atoms with Crippen molar-refractivity contribution in [2.24, 2.45) is 28.1 Å². The van der Waals surface area contributed by atoms with E-state index in [9.17, 15) is 24.0 Å². The number of rotatable bonds is 8. The van der Waals surface area contributed by atoms with Crippen LogP contribution in [-0.2, 0) is 61.9 Å². The summed E-state index contributed by atoms with van der Waals surface area (Å²) < 4.78 is 58.4. The van der Waals surface area contributed by atoms with Crippen LogP contribution in [0.15, 0.2) is 34.7 Å². The van der Waals surface area contributed by atoms with Gasteiger partial charge in [-0.2, -0.15) is 0 Å². The molecule has 0 amide bonds. The highest BCUT2D eigenvalue weighted by Gasteiger charge is 3.05. The Hall–Kier alpha value is -3.75. The van der Waals surface area contributed by atoms with E-state index in [-0.39, 0.29) is 37.7 Å². The molecule has 8 rings (SSSR count). The van der Waals surface area contributed by atoms with Crippen LogP contribution >= 0.6 is 0 Å². The molecule has 7 fully saturated rings. The minimum Gasteiger partial charge on any atom is -0.472 e. The first-order valence-corrected chi connectivity index (χ1v) is 18.5. The van der Waals surface area contributed by atoms with Gasteiger partial charge in [-0.15, -0.1) is 0 Å². The summed E-state index contributed by atoms with van der Waals surface area (Å²) in [4.78, 5) is 69.1. The minimum absolute atomic E-state index is 0.0645. The van der Waals surface area contributed by atoms with Gasteiger partial charge in [0.25, 0.3) is 5.97 Å². The highest BCUT2D eigenvalue weighted by molar-refractivity contribution is 5.88. The lowest BCUT2D eigenvalue weighted by atomic mass is 9.33. The van der Waals surface area contributed by atoms with Gasteiger partial charge < -0.3 is 42.3 Å². The summed E-state index contributed by atoms with van der Waals surface area (Å²) >= 11 is 0. The van der Waals surface area contributed by atoms with Crippen LogP contribution in [0.5, 0.6) is 0 Å². The molecule has 3 saturated heterocycles. The van der Waals surface area contributed by atoms with Crippen molar-refractivity contribution in [1.29, 1.82) is 0 Å². The first-order valence-electron chi connectivity index (χ1n) is 18.5. The molecule has 0 N–H and O–H groups in total. The number of allylic oxidation sites excluding steroid dienone is 1. The number of esters is 5. The van der Waals surface area contributed by atoms with E-state index in [0.717, 1.165) is 0 Å². The molecule has 0 unspecified atom stereocenters. The van der Waals surface area contributed by atoms with Gasteiger partial charge in [0.15, 0.2) is 12.2 Å². The van der Waals surface area contributed by atoms with Crippen LogP contribution in [0.25, 0.3) is 0 Å². The van der Waals surface area contributed by atoms with Crippen molar-refractivity contribution in [3.8, 4) is 0 Å². The molecule has 14 nitrogen and oxygen atoms in total. The molecule has 1 aromatic heterocycles. The van der Waals surface area contributed by atoms with E-state index in [0.29, 0.717) is 12.0 Å². The van der Waals surface area contributed by atoms with Crippen LogP contribution in [0, 0.1) is 28.1 Å². The SMILES string of the molecule is C/C=C(/C)C(=O)O[C@H]1[C@]2(C)C[C@@]34O[C@]5(C)O[C@]6([C@@H]7CC(=O)O[C@@H](c8ccoc8)[C@]7(C)CC[C@]6(O5)[C@]3(C)[C@H]2CC(=O)OC)[C@H](OC(=O)CC)[C@@]14OC(C)=O. The third kappa shape index (κ3) is 3.87. The van der Waals surface area contributed by atoms with E-state index in [4.69, 9.17) is 42.3 Å². The molecule has 4 saturated carbocycles. The van der Waals surface area contributed by atoms with Crippen LogP contribution in [0.3, 0.4) is 0 Å². The normalized spacial score (nSPS) is 48.4. The van der Waals surface area contributed by atoms with Gasteiger partial charge in [0.1, 0.15) is 22.9 Å². The third-order valence-electron chi connectivity index (χ3n) is 14.7. The number of cyclic esters (lactones) is 1. The zero-order valence-corrected chi connectivity index (χ0v) is 31.7. The van der Waals surface area contributed by atoms with Gasteiger partial charge in [-0.1, -0.05) is 33.8 Å². The molecule has 4 heterocycles. The van der Waals surface area contributed by atoms with Crippen molar-refractivity contribution in [1.82, 2.24) is 0 Å². The van der Waals surface area contributed by atoms with E-state index < -0.39 is 105 Å². The van der Waals surface area contributed by atoms with Gasteiger partial charge in [0, 0.05) is 60.0 Å². The fraction of sp³-hybridized carbons (Fsp3) is 0.718. The standard InChI is InChI=1S/C39H48O14/c1-10-20(3)29(44)49-30-33(6)19-37-34(7,23(33)16-26(42)45-9)36-14-13-32(5)24(17-27(43)47-28(32)22-12-15-46-18-22)38(36,53-35(8,51-36)52-37)31(48-25(41)11-2)39(30,37)50-21(4)40/h10,12,15,18,23-24,28,30-31H,11,13-14,16-17,19H2,1-9H3/b20-10-/t23-,24+,28-,30-,31-,32+,33+,34-,35+,36-,37+,38+,39-/m0/s1. The fourth-order valence-electron chi connectivity index (χ4n) is 13.0. The Kier molecular flexibility index (Phi) is 7.48. The van der Waals surface area contributed by atoms with Gasteiger partial charge in [-0.25, -0.2) is 4.79 Å². The lowest BCUT2D eigenvalue weighted by Gasteiger charge is -2.77. The zero-order valence-electron chi connectivity index (χ0n) is 31.7. The molecule has 53 heavy (non-hydrogen) atoms. The molecule has 3 aliphatic heterocycles. The summed E-state index contributed by atoms with van der Waals surface area (Å²) in [5, 5.41) is 0. The number of hydrogen-bond acceptors (Lipinski definition) is 14. The lowest BCUT2D eigenvalue weighted by molar-refractivity contribution is -0.477. The number of ether oxygens (including phenoxy) is 8. The van der Waals surface area contributed by atoms with Gasteiger partial charge in [0.05, 0.1) is 26.1 Å². The summed E-state index contributed by atoms with van der Waals surface area (Å²) in [6.45, 7) is 13.7. The van der Waals surface area contributed by atoms with Crippen LogP contribution in [0.4, 0.5) is 0 Å².